The van der Waals surface area contributed by atoms with Crippen molar-refractivity contribution in [3.8, 4) is 0 Å². The first-order chi connectivity index (χ1) is 10.8. The number of aliphatic hydroxyl groups is 2. The summed E-state index contributed by atoms with van der Waals surface area (Å²) in [5.41, 5.74) is 4.52. The highest BCUT2D eigenvalue weighted by molar-refractivity contribution is 5.68. The minimum Gasteiger partial charge on any atom is -0.396 e. The summed E-state index contributed by atoms with van der Waals surface area (Å²) in [6.45, 7) is 0.417. The Kier molecular flexibility index (Phi) is 6.81. The van der Waals surface area contributed by atoms with Crippen LogP contribution < -0.4 is 0 Å². The molecular weight excluding hydrogens is 274 g/mol. The topological polar surface area (TPSA) is 53.4 Å². The molecule has 1 aromatic carbocycles. The Balaban J connectivity index is 2.18. The first-order valence-corrected chi connectivity index (χ1v) is 7.75. The van der Waals surface area contributed by atoms with E-state index in [4.69, 9.17) is 10.2 Å². The minimum atomic E-state index is 0.208. The SMILES string of the molecule is OCCCc1cc(C=Cc2ccccn2)cc(CCCO)c1. The number of aliphatic hydroxyl groups excluding tert-OH is 2. The van der Waals surface area contributed by atoms with Crippen LogP contribution in [0.1, 0.15) is 35.2 Å². The molecule has 0 aliphatic heterocycles. The van der Waals surface area contributed by atoms with Crippen LogP contribution in [0.2, 0.25) is 0 Å². The monoisotopic (exact) mass is 297 g/mol. The Hall–Kier alpha value is -1.97. The summed E-state index contributed by atoms with van der Waals surface area (Å²) in [6, 6.07) is 12.3. The molecule has 0 amide bonds. The second-order valence-corrected chi connectivity index (χ2v) is 5.33. The van der Waals surface area contributed by atoms with Gasteiger partial charge in [-0.2, -0.15) is 0 Å². The molecule has 1 heterocycles. The van der Waals surface area contributed by atoms with Crippen LogP contribution in [0.5, 0.6) is 0 Å². The number of aryl methyl sites for hydroxylation is 2. The number of aromatic nitrogens is 1. The number of rotatable bonds is 8. The molecule has 0 saturated heterocycles. The third kappa shape index (κ3) is 5.43. The van der Waals surface area contributed by atoms with Gasteiger partial charge in [-0.1, -0.05) is 30.3 Å². The van der Waals surface area contributed by atoms with Gasteiger partial charge in [-0.15, -0.1) is 0 Å². The molecule has 0 aliphatic carbocycles. The molecule has 0 spiro atoms. The van der Waals surface area contributed by atoms with E-state index in [1.165, 1.54) is 11.1 Å². The zero-order chi connectivity index (χ0) is 15.6. The third-order valence-corrected chi connectivity index (χ3v) is 3.46. The molecule has 3 nitrogen and oxygen atoms in total. The molecule has 0 atom stereocenters. The van der Waals surface area contributed by atoms with Gasteiger partial charge < -0.3 is 10.2 Å². The van der Waals surface area contributed by atoms with Gasteiger partial charge in [0.15, 0.2) is 0 Å². The molecule has 2 aromatic rings. The average molecular weight is 297 g/mol. The molecule has 0 aliphatic rings. The molecule has 2 rings (SSSR count). The highest BCUT2D eigenvalue weighted by Crippen LogP contribution is 2.16. The Bertz CT molecular complexity index is 567. The predicted molar refractivity (Wildman–Crippen MR) is 90.4 cm³/mol. The first kappa shape index (κ1) is 16.4. The van der Waals surface area contributed by atoms with Crippen molar-refractivity contribution in [3.63, 3.8) is 0 Å². The van der Waals surface area contributed by atoms with Crippen LogP contribution in [0.15, 0.2) is 42.6 Å². The second kappa shape index (κ2) is 9.13. The second-order valence-electron chi connectivity index (χ2n) is 5.33. The van der Waals surface area contributed by atoms with Crippen molar-refractivity contribution in [2.75, 3.05) is 13.2 Å². The van der Waals surface area contributed by atoms with E-state index in [1.807, 2.05) is 24.3 Å². The van der Waals surface area contributed by atoms with Gasteiger partial charge in [-0.05, 0) is 60.6 Å². The van der Waals surface area contributed by atoms with Crippen molar-refractivity contribution in [2.45, 2.75) is 25.7 Å². The zero-order valence-electron chi connectivity index (χ0n) is 12.8. The normalized spacial score (nSPS) is 11.2. The lowest BCUT2D eigenvalue weighted by molar-refractivity contribution is 0.288. The van der Waals surface area contributed by atoms with Gasteiger partial charge in [0.1, 0.15) is 0 Å². The molecule has 3 heteroatoms. The Morgan fingerprint density at radius 3 is 2.09 bits per heavy atom. The van der Waals surface area contributed by atoms with Crippen molar-refractivity contribution >= 4 is 12.2 Å². The minimum absolute atomic E-state index is 0.208. The Morgan fingerprint density at radius 2 is 1.55 bits per heavy atom. The molecular formula is C19H23NO2. The van der Waals surface area contributed by atoms with Crippen LogP contribution in [-0.2, 0) is 12.8 Å². The van der Waals surface area contributed by atoms with Gasteiger partial charge in [0, 0.05) is 19.4 Å². The van der Waals surface area contributed by atoms with Gasteiger partial charge in [-0.3, -0.25) is 4.98 Å². The average Bonchev–Trinajstić information content (AvgIpc) is 2.57. The van der Waals surface area contributed by atoms with Gasteiger partial charge in [0.25, 0.3) is 0 Å². The summed E-state index contributed by atoms with van der Waals surface area (Å²) in [6.07, 6.45) is 9.12. The summed E-state index contributed by atoms with van der Waals surface area (Å²) in [4.78, 5) is 4.28. The van der Waals surface area contributed by atoms with E-state index in [0.717, 1.165) is 36.9 Å². The van der Waals surface area contributed by atoms with Gasteiger partial charge in [0.05, 0.1) is 5.69 Å². The van der Waals surface area contributed by atoms with Crippen molar-refractivity contribution in [2.24, 2.45) is 0 Å². The van der Waals surface area contributed by atoms with Crippen LogP contribution in [-0.4, -0.2) is 28.4 Å². The number of hydrogen-bond donors (Lipinski definition) is 2. The highest BCUT2D eigenvalue weighted by atomic mass is 16.3. The quantitative estimate of drug-likeness (QED) is 0.787. The zero-order valence-corrected chi connectivity index (χ0v) is 12.8. The molecule has 22 heavy (non-hydrogen) atoms. The van der Waals surface area contributed by atoms with Crippen molar-refractivity contribution in [1.82, 2.24) is 4.98 Å². The predicted octanol–water partition coefficient (Wildman–Crippen LogP) is 3.10. The highest BCUT2D eigenvalue weighted by Gasteiger charge is 2.01. The lowest BCUT2D eigenvalue weighted by Gasteiger charge is -2.07. The van der Waals surface area contributed by atoms with E-state index in [-0.39, 0.29) is 13.2 Å². The fourth-order valence-corrected chi connectivity index (χ4v) is 2.40. The first-order valence-electron chi connectivity index (χ1n) is 7.75. The maximum Gasteiger partial charge on any atom is 0.0629 e. The number of pyridine rings is 1. The van der Waals surface area contributed by atoms with Crippen LogP contribution in [0.4, 0.5) is 0 Å². The van der Waals surface area contributed by atoms with Gasteiger partial charge in [0.2, 0.25) is 0 Å². The number of benzene rings is 1. The van der Waals surface area contributed by atoms with Crippen LogP contribution in [0, 0.1) is 0 Å². The van der Waals surface area contributed by atoms with E-state index in [1.54, 1.807) is 6.20 Å². The molecule has 0 radical (unpaired) electrons. The lowest BCUT2D eigenvalue weighted by Crippen LogP contribution is -1.95. The van der Waals surface area contributed by atoms with Crippen LogP contribution >= 0.6 is 0 Å². The van der Waals surface area contributed by atoms with Crippen molar-refractivity contribution in [1.29, 1.82) is 0 Å². The molecule has 0 bridgehead atoms. The molecule has 116 valence electrons. The largest absolute Gasteiger partial charge is 0.396 e. The van der Waals surface area contributed by atoms with E-state index < -0.39 is 0 Å². The number of nitrogens with zero attached hydrogens (tertiary/aromatic N) is 1. The smallest absolute Gasteiger partial charge is 0.0629 e. The van der Waals surface area contributed by atoms with Crippen LogP contribution in [0.25, 0.3) is 12.2 Å². The molecule has 0 saturated carbocycles. The Labute approximate surface area is 132 Å². The molecule has 2 N–H and O–H groups in total. The maximum absolute atomic E-state index is 9.00. The summed E-state index contributed by atoms with van der Waals surface area (Å²) in [7, 11) is 0. The Morgan fingerprint density at radius 1 is 0.864 bits per heavy atom. The van der Waals surface area contributed by atoms with Gasteiger partial charge in [-0.25, -0.2) is 0 Å². The van der Waals surface area contributed by atoms with Crippen molar-refractivity contribution < 1.29 is 10.2 Å². The van der Waals surface area contributed by atoms with Crippen molar-refractivity contribution in [3.05, 3.63) is 65.0 Å². The lowest BCUT2D eigenvalue weighted by atomic mass is 9.99. The van der Waals surface area contributed by atoms with Gasteiger partial charge >= 0.3 is 0 Å². The maximum atomic E-state index is 9.00. The van der Waals surface area contributed by atoms with E-state index >= 15 is 0 Å². The summed E-state index contributed by atoms with van der Waals surface area (Å²) >= 11 is 0. The third-order valence-electron chi connectivity index (χ3n) is 3.46. The summed E-state index contributed by atoms with van der Waals surface area (Å²) in [5, 5.41) is 18.0. The van der Waals surface area contributed by atoms with Crippen LogP contribution in [0.3, 0.4) is 0 Å². The van der Waals surface area contributed by atoms with E-state index in [0.29, 0.717) is 0 Å². The fraction of sp³-hybridized carbons (Fsp3) is 0.316. The fourth-order valence-electron chi connectivity index (χ4n) is 2.40. The molecule has 1 aromatic heterocycles. The van der Waals surface area contributed by atoms with E-state index in [9.17, 15) is 0 Å². The molecule has 0 fully saturated rings. The standard InChI is InChI=1S/C19H23NO2/c21-11-3-5-16-13-17(6-4-12-22)15-18(14-16)8-9-19-7-1-2-10-20-19/h1-2,7-10,13-15,21-22H,3-6,11-12H2. The summed E-state index contributed by atoms with van der Waals surface area (Å²) < 4.78 is 0. The molecule has 0 unspecified atom stereocenters. The number of hydrogen-bond acceptors (Lipinski definition) is 3. The van der Waals surface area contributed by atoms with E-state index in [2.05, 4.69) is 29.3 Å². The summed E-state index contributed by atoms with van der Waals surface area (Å²) in [5.74, 6) is 0.